The van der Waals surface area contributed by atoms with Gasteiger partial charge in [-0.3, -0.25) is 14.9 Å². The Balaban J connectivity index is 1.98. The minimum Gasteiger partial charge on any atom is -0.383 e. The number of hydrogen-bond donors (Lipinski definition) is 0. The van der Waals surface area contributed by atoms with E-state index >= 15 is 0 Å². The highest BCUT2D eigenvalue weighted by atomic mass is 35.5. The van der Waals surface area contributed by atoms with E-state index in [0.717, 1.165) is 4.70 Å². The SMILES string of the molecule is COCCn1c(=NC(=O)/C=C/c2cccc([N+](=O)[O-])c2)sc2ccc(Cl)c(Cl)c21. The number of non-ortho nitro benzene ring substituents is 1. The zero-order valence-electron chi connectivity index (χ0n) is 15.2. The van der Waals surface area contributed by atoms with Gasteiger partial charge in [0.15, 0.2) is 4.80 Å². The summed E-state index contributed by atoms with van der Waals surface area (Å²) in [4.78, 5) is 27.4. The number of amides is 1. The van der Waals surface area contributed by atoms with Crippen LogP contribution in [0.3, 0.4) is 0 Å². The molecule has 29 heavy (non-hydrogen) atoms. The molecule has 0 aliphatic heterocycles. The summed E-state index contributed by atoms with van der Waals surface area (Å²) in [5, 5.41) is 11.7. The molecule has 1 heterocycles. The summed E-state index contributed by atoms with van der Waals surface area (Å²) in [5.74, 6) is -0.503. The van der Waals surface area contributed by atoms with Gasteiger partial charge in [-0.2, -0.15) is 4.99 Å². The zero-order valence-corrected chi connectivity index (χ0v) is 17.5. The number of carbonyl (C=O) groups excluding carboxylic acids is 1. The number of benzene rings is 2. The molecule has 10 heteroatoms. The summed E-state index contributed by atoms with van der Waals surface area (Å²) >= 11 is 13.8. The van der Waals surface area contributed by atoms with Crippen molar-refractivity contribution in [3.8, 4) is 0 Å². The van der Waals surface area contributed by atoms with Crippen LogP contribution in [0, 0.1) is 10.1 Å². The minimum atomic E-state index is -0.503. The smallest absolute Gasteiger partial charge is 0.272 e. The lowest BCUT2D eigenvalue weighted by atomic mass is 10.2. The van der Waals surface area contributed by atoms with E-state index in [4.69, 9.17) is 27.9 Å². The van der Waals surface area contributed by atoms with Crippen LogP contribution in [0.2, 0.25) is 10.0 Å². The lowest BCUT2D eigenvalue weighted by Crippen LogP contribution is -2.19. The molecule has 3 aromatic rings. The Hall–Kier alpha value is -2.52. The Labute approximate surface area is 179 Å². The van der Waals surface area contributed by atoms with Gasteiger partial charge in [-0.05, 0) is 23.8 Å². The van der Waals surface area contributed by atoms with E-state index in [9.17, 15) is 14.9 Å². The molecule has 1 amide bonds. The summed E-state index contributed by atoms with van der Waals surface area (Å²) in [5.41, 5.74) is 1.17. The van der Waals surface area contributed by atoms with Gasteiger partial charge < -0.3 is 9.30 Å². The summed E-state index contributed by atoms with van der Waals surface area (Å²) < 4.78 is 7.77. The molecule has 0 bridgehead atoms. The van der Waals surface area contributed by atoms with Gasteiger partial charge in [-0.15, -0.1) is 0 Å². The van der Waals surface area contributed by atoms with Gasteiger partial charge in [-0.25, -0.2) is 0 Å². The standard InChI is InChI=1S/C19H15Cl2N3O4S/c1-28-10-9-23-18-15(7-6-14(20)17(18)21)29-19(23)22-16(25)8-5-12-3-2-4-13(11-12)24(26)27/h2-8,11H,9-10H2,1H3/b8-5+,22-19?. The number of nitrogens with zero attached hydrogens (tertiary/aromatic N) is 3. The maximum absolute atomic E-state index is 12.4. The number of hydrogen-bond acceptors (Lipinski definition) is 5. The maximum Gasteiger partial charge on any atom is 0.272 e. The first-order valence-electron chi connectivity index (χ1n) is 8.38. The van der Waals surface area contributed by atoms with Crippen molar-refractivity contribution >= 4 is 62.4 Å². The molecule has 0 fully saturated rings. The summed E-state index contributed by atoms with van der Waals surface area (Å²) in [7, 11) is 1.58. The molecule has 150 valence electrons. The van der Waals surface area contributed by atoms with Crippen LogP contribution in [0.4, 0.5) is 5.69 Å². The van der Waals surface area contributed by atoms with Crippen LogP contribution in [-0.4, -0.2) is 29.1 Å². The number of rotatable bonds is 6. The molecular formula is C19H15Cl2N3O4S. The third-order valence-corrected chi connectivity index (χ3v) is 5.80. The molecule has 0 unspecified atom stereocenters. The van der Waals surface area contributed by atoms with Gasteiger partial charge in [0.05, 0.1) is 31.8 Å². The quantitative estimate of drug-likeness (QED) is 0.308. The van der Waals surface area contributed by atoms with E-state index in [2.05, 4.69) is 4.99 Å². The highest BCUT2D eigenvalue weighted by Crippen LogP contribution is 2.32. The van der Waals surface area contributed by atoms with E-state index in [1.54, 1.807) is 29.9 Å². The number of halogens is 2. The molecule has 1 aromatic heterocycles. The van der Waals surface area contributed by atoms with Crippen molar-refractivity contribution in [3.63, 3.8) is 0 Å². The van der Waals surface area contributed by atoms with Crippen molar-refractivity contribution in [1.29, 1.82) is 0 Å². The first-order valence-corrected chi connectivity index (χ1v) is 9.95. The van der Waals surface area contributed by atoms with Crippen LogP contribution >= 0.6 is 34.5 Å². The van der Waals surface area contributed by atoms with Crippen LogP contribution in [0.25, 0.3) is 16.3 Å². The topological polar surface area (TPSA) is 86.7 Å². The van der Waals surface area contributed by atoms with Crippen LogP contribution in [0.1, 0.15) is 5.56 Å². The first kappa shape index (κ1) is 21.2. The molecule has 0 aliphatic carbocycles. The van der Waals surface area contributed by atoms with Crippen molar-refractivity contribution in [2.75, 3.05) is 13.7 Å². The van der Waals surface area contributed by atoms with Crippen LogP contribution in [0.15, 0.2) is 47.5 Å². The normalized spacial score (nSPS) is 12.2. The molecule has 0 atom stereocenters. The van der Waals surface area contributed by atoms with Crippen molar-refractivity contribution in [2.24, 2.45) is 4.99 Å². The number of nitro benzene ring substituents is 1. The minimum absolute atomic E-state index is 0.0510. The molecule has 2 aromatic carbocycles. The monoisotopic (exact) mass is 451 g/mol. The summed E-state index contributed by atoms with van der Waals surface area (Å²) in [6.45, 7) is 0.844. The van der Waals surface area contributed by atoms with Gasteiger partial charge in [0, 0.05) is 31.9 Å². The Kier molecular flexibility index (Phi) is 6.81. The summed E-state index contributed by atoms with van der Waals surface area (Å²) in [6.07, 6.45) is 2.74. The number of ether oxygens (including phenoxy) is 1. The van der Waals surface area contributed by atoms with Crippen LogP contribution in [-0.2, 0) is 16.1 Å². The fraction of sp³-hybridized carbons (Fsp3) is 0.158. The third-order valence-electron chi connectivity index (χ3n) is 3.96. The Morgan fingerprint density at radius 1 is 1.34 bits per heavy atom. The molecule has 3 rings (SSSR count). The number of nitro groups is 1. The van der Waals surface area contributed by atoms with Crippen LogP contribution in [0.5, 0.6) is 0 Å². The second-order valence-electron chi connectivity index (χ2n) is 5.87. The molecule has 0 spiro atoms. The largest absolute Gasteiger partial charge is 0.383 e. The third kappa shape index (κ3) is 4.91. The van der Waals surface area contributed by atoms with E-state index in [1.165, 1.54) is 35.6 Å². The predicted molar refractivity (Wildman–Crippen MR) is 114 cm³/mol. The molecule has 0 aliphatic rings. The number of thiazole rings is 1. The predicted octanol–water partition coefficient (Wildman–Crippen LogP) is 4.70. The number of aromatic nitrogens is 1. The number of methoxy groups -OCH3 is 1. The van der Waals surface area contributed by atoms with Crippen molar-refractivity contribution in [1.82, 2.24) is 4.57 Å². The van der Waals surface area contributed by atoms with Gasteiger partial charge in [0.1, 0.15) is 0 Å². The van der Waals surface area contributed by atoms with Crippen molar-refractivity contribution < 1.29 is 14.5 Å². The second kappa shape index (κ2) is 9.32. The van der Waals surface area contributed by atoms with Gasteiger partial charge in [0.2, 0.25) is 0 Å². The molecular weight excluding hydrogens is 437 g/mol. The summed E-state index contributed by atoms with van der Waals surface area (Å²) in [6, 6.07) is 9.49. The maximum atomic E-state index is 12.4. The van der Waals surface area contributed by atoms with E-state index in [1.807, 2.05) is 6.07 Å². The lowest BCUT2D eigenvalue weighted by Gasteiger charge is -2.06. The van der Waals surface area contributed by atoms with Crippen molar-refractivity contribution in [2.45, 2.75) is 6.54 Å². The zero-order chi connectivity index (χ0) is 21.0. The Morgan fingerprint density at radius 3 is 2.86 bits per heavy atom. The fourth-order valence-corrected chi connectivity index (χ4v) is 4.16. The highest BCUT2D eigenvalue weighted by Gasteiger charge is 2.13. The van der Waals surface area contributed by atoms with Crippen LogP contribution < -0.4 is 4.80 Å². The molecule has 0 N–H and O–H groups in total. The molecule has 7 nitrogen and oxygen atoms in total. The van der Waals surface area contributed by atoms with Crippen molar-refractivity contribution in [3.05, 3.63) is 73.0 Å². The lowest BCUT2D eigenvalue weighted by molar-refractivity contribution is -0.384. The second-order valence-corrected chi connectivity index (χ2v) is 7.67. The highest BCUT2D eigenvalue weighted by molar-refractivity contribution is 7.16. The molecule has 0 saturated carbocycles. The average molecular weight is 452 g/mol. The molecule has 0 radical (unpaired) electrons. The molecule has 0 saturated heterocycles. The first-order chi connectivity index (χ1) is 13.9. The van der Waals surface area contributed by atoms with E-state index in [0.29, 0.717) is 39.1 Å². The average Bonchev–Trinajstić information content (AvgIpc) is 3.05. The van der Waals surface area contributed by atoms with E-state index in [-0.39, 0.29) is 5.69 Å². The number of carbonyl (C=O) groups is 1. The van der Waals surface area contributed by atoms with Gasteiger partial charge in [-0.1, -0.05) is 46.7 Å². The Morgan fingerprint density at radius 2 is 2.14 bits per heavy atom. The number of fused-ring (bicyclic) bond motifs is 1. The fourth-order valence-electron chi connectivity index (χ4n) is 2.62. The van der Waals surface area contributed by atoms with Gasteiger partial charge >= 0.3 is 0 Å². The Bertz CT molecular complexity index is 1180. The van der Waals surface area contributed by atoms with E-state index < -0.39 is 10.8 Å². The van der Waals surface area contributed by atoms with Gasteiger partial charge in [0.25, 0.3) is 11.6 Å².